The van der Waals surface area contributed by atoms with Crippen molar-refractivity contribution in [3.63, 3.8) is 0 Å². The molecule has 96 valence electrons. The summed E-state index contributed by atoms with van der Waals surface area (Å²) in [4.78, 5) is 4.82. The van der Waals surface area contributed by atoms with Gasteiger partial charge >= 0.3 is 0 Å². The molecule has 0 atom stereocenters. The van der Waals surface area contributed by atoms with Gasteiger partial charge in [0.25, 0.3) is 4.84 Å². The number of aromatic amines is 1. The standard InChI is InChI=1S/C12H8ClN3OS2/c13-8-3-1-7(2-4-8)11-14-9(6-19-11)5-10-15-16-12(18)17-10/h1-4,6H,5H2,(H,16,18). The molecule has 0 fully saturated rings. The van der Waals surface area contributed by atoms with E-state index in [-0.39, 0.29) is 4.84 Å². The fraction of sp³-hybridized carbons (Fsp3) is 0.0833. The average molecular weight is 310 g/mol. The van der Waals surface area contributed by atoms with Gasteiger partial charge in [-0.05, 0) is 24.4 Å². The normalized spacial score (nSPS) is 10.8. The molecule has 0 saturated heterocycles. The predicted molar refractivity (Wildman–Crippen MR) is 77.1 cm³/mol. The van der Waals surface area contributed by atoms with Gasteiger partial charge in [0.1, 0.15) is 5.01 Å². The summed E-state index contributed by atoms with van der Waals surface area (Å²) in [7, 11) is 0. The van der Waals surface area contributed by atoms with Crippen molar-refractivity contribution >= 4 is 35.2 Å². The van der Waals surface area contributed by atoms with Crippen LogP contribution in [0.4, 0.5) is 0 Å². The van der Waals surface area contributed by atoms with Gasteiger partial charge in [0.05, 0.1) is 12.1 Å². The SMILES string of the molecule is S=c1[nH]nc(Cc2csc(-c3ccc(Cl)cc3)n2)o1. The van der Waals surface area contributed by atoms with Crippen molar-refractivity contribution in [2.45, 2.75) is 6.42 Å². The lowest BCUT2D eigenvalue weighted by molar-refractivity contribution is 0.490. The number of nitrogens with one attached hydrogen (secondary N) is 1. The topological polar surface area (TPSA) is 54.7 Å². The largest absolute Gasteiger partial charge is 0.414 e. The fourth-order valence-corrected chi connectivity index (χ4v) is 2.70. The second-order valence-corrected chi connectivity index (χ2v) is 5.50. The van der Waals surface area contributed by atoms with Gasteiger partial charge in [-0.25, -0.2) is 10.1 Å². The highest BCUT2D eigenvalue weighted by molar-refractivity contribution is 7.71. The summed E-state index contributed by atoms with van der Waals surface area (Å²) in [6, 6.07) is 7.60. The minimum Gasteiger partial charge on any atom is -0.414 e. The van der Waals surface area contributed by atoms with Crippen LogP contribution in [-0.4, -0.2) is 15.2 Å². The maximum absolute atomic E-state index is 5.86. The molecule has 0 aliphatic heterocycles. The van der Waals surface area contributed by atoms with Gasteiger partial charge in [-0.15, -0.1) is 16.4 Å². The summed E-state index contributed by atoms with van der Waals surface area (Å²) in [5.41, 5.74) is 1.95. The van der Waals surface area contributed by atoms with Crippen LogP contribution in [0.2, 0.25) is 5.02 Å². The van der Waals surface area contributed by atoms with E-state index in [1.165, 1.54) is 0 Å². The van der Waals surface area contributed by atoms with Crippen LogP contribution in [0.25, 0.3) is 10.6 Å². The first-order valence-corrected chi connectivity index (χ1v) is 7.12. The van der Waals surface area contributed by atoms with Crippen molar-refractivity contribution in [3.05, 3.63) is 51.1 Å². The molecule has 0 radical (unpaired) electrons. The van der Waals surface area contributed by atoms with E-state index < -0.39 is 0 Å². The first-order valence-electron chi connectivity index (χ1n) is 5.45. The van der Waals surface area contributed by atoms with E-state index >= 15 is 0 Å². The van der Waals surface area contributed by atoms with Crippen LogP contribution in [0, 0.1) is 4.84 Å². The van der Waals surface area contributed by atoms with Gasteiger partial charge in [-0.2, -0.15) is 0 Å². The summed E-state index contributed by atoms with van der Waals surface area (Å²) in [5.74, 6) is 0.540. The molecule has 0 saturated carbocycles. The number of halogens is 1. The van der Waals surface area contributed by atoms with Gasteiger partial charge in [0.15, 0.2) is 0 Å². The molecule has 0 aliphatic carbocycles. The third-order valence-electron chi connectivity index (χ3n) is 2.46. The van der Waals surface area contributed by atoms with Crippen LogP contribution in [0.5, 0.6) is 0 Å². The van der Waals surface area contributed by atoms with Crippen molar-refractivity contribution in [1.29, 1.82) is 0 Å². The Morgan fingerprint density at radius 2 is 2.11 bits per heavy atom. The Hall–Kier alpha value is -1.50. The van der Waals surface area contributed by atoms with Crippen molar-refractivity contribution in [3.8, 4) is 10.6 Å². The molecule has 0 bridgehead atoms. The summed E-state index contributed by atoms with van der Waals surface area (Å²) in [6.45, 7) is 0. The lowest BCUT2D eigenvalue weighted by Gasteiger charge is -1.95. The van der Waals surface area contributed by atoms with Crippen molar-refractivity contribution in [2.24, 2.45) is 0 Å². The molecule has 3 aromatic rings. The van der Waals surface area contributed by atoms with E-state index in [4.69, 9.17) is 28.2 Å². The van der Waals surface area contributed by atoms with Crippen LogP contribution in [-0.2, 0) is 6.42 Å². The molecule has 7 heteroatoms. The zero-order valence-electron chi connectivity index (χ0n) is 9.59. The number of H-pyrrole nitrogens is 1. The van der Waals surface area contributed by atoms with E-state index in [1.807, 2.05) is 29.6 Å². The molecular weight excluding hydrogens is 302 g/mol. The Bertz CT molecular complexity index is 745. The van der Waals surface area contributed by atoms with Crippen LogP contribution in [0.1, 0.15) is 11.6 Å². The zero-order valence-corrected chi connectivity index (χ0v) is 12.0. The number of hydrogen-bond donors (Lipinski definition) is 1. The number of nitrogens with zero attached hydrogens (tertiary/aromatic N) is 2. The predicted octanol–water partition coefficient (Wildman–Crippen LogP) is 4.10. The molecule has 4 nitrogen and oxygen atoms in total. The molecular formula is C12H8ClN3OS2. The first-order chi connectivity index (χ1) is 9.20. The van der Waals surface area contributed by atoms with E-state index in [0.717, 1.165) is 16.3 Å². The first kappa shape index (κ1) is 12.5. The molecule has 0 unspecified atom stereocenters. The quantitative estimate of drug-likeness (QED) is 0.740. The second-order valence-electron chi connectivity index (χ2n) is 3.83. The average Bonchev–Trinajstić information content (AvgIpc) is 3.00. The monoisotopic (exact) mass is 309 g/mol. The van der Waals surface area contributed by atoms with Gasteiger partial charge in [0, 0.05) is 16.0 Å². The minimum atomic E-state index is 0.281. The van der Waals surface area contributed by atoms with Crippen LogP contribution >= 0.6 is 35.2 Å². The van der Waals surface area contributed by atoms with Crippen molar-refractivity contribution < 1.29 is 4.42 Å². The summed E-state index contributed by atoms with van der Waals surface area (Å²) < 4.78 is 5.21. The molecule has 2 heterocycles. The summed E-state index contributed by atoms with van der Waals surface area (Å²) in [5, 5.41) is 10.2. The van der Waals surface area contributed by atoms with Gasteiger partial charge in [0.2, 0.25) is 5.89 Å². The number of aromatic nitrogens is 3. The molecule has 19 heavy (non-hydrogen) atoms. The molecule has 0 spiro atoms. The molecule has 1 aromatic carbocycles. The van der Waals surface area contributed by atoms with E-state index in [0.29, 0.717) is 17.3 Å². The lowest BCUT2D eigenvalue weighted by Crippen LogP contribution is -1.88. The zero-order chi connectivity index (χ0) is 13.2. The Balaban J connectivity index is 1.83. The third-order valence-corrected chi connectivity index (χ3v) is 3.82. The molecule has 0 amide bonds. The smallest absolute Gasteiger partial charge is 0.284 e. The maximum atomic E-state index is 5.86. The molecule has 2 aromatic heterocycles. The molecule has 1 N–H and O–H groups in total. The Kier molecular flexibility index (Phi) is 3.46. The summed E-state index contributed by atoms with van der Waals surface area (Å²) >= 11 is 12.3. The van der Waals surface area contributed by atoms with Crippen LogP contribution in [0.15, 0.2) is 34.1 Å². The minimum absolute atomic E-state index is 0.281. The van der Waals surface area contributed by atoms with Crippen molar-refractivity contribution in [2.75, 3.05) is 0 Å². The number of thiazole rings is 1. The molecule has 3 rings (SSSR count). The molecule has 0 aliphatic rings. The number of rotatable bonds is 3. The lowest BCUT2D eigenvalue weighted by atomic mass is 10.2. The van der Waals surface area contributed by atoms with E-state index in [2.05, 4.69) is 15.2 Å². The van der Waals surface area contributed by atoms with Crippen molar-refractivity contribution in [1.82, 2.24) is 15.2 Å². The Labute approximate surface area is 123 Å². The maximum Gasteiger partial charge on any atom is 0.284 e. The second kappa shape index (κ2) is 5.24. The van der Waals surface area contributed by atoms with Gasteiger partial charge in [-0.3, -0.25) is 0 Å². The highest BCUT2D eigenvalue weighted by atomic mass is 35.5. The highest BCUT2D eigenvalue weighted by Gasteiger charge is 2.08. The van der Waals surface area contributed by atoms with E-state index in [1.54, 1.807) is 11.3 Å². The summed E-state index contributed by atoms with van der Waals surface area (Å²) in [6.07, 6.45) is 0.525. The van der Waals surface area contributed by atoms with Crippen LogP contribution in [0.3, 0.4) is 0 Å². The Morgan fingerprint density at radius 1 is 1.32 bits per heavy atom. The van der Waals surface area contributed by atoms with Gasteiger partial charge < -0.3 is 4.42 Å². The fourth-order valence-electron chi connectivity index (χ4n) is 1.60. The van der Waals surface area contributed by atoms with Gasteiger partial charge in [-0.1, -0.05) is 23.7 Å². The highest BCUT2D eigenvalue weighted by Crippen LogP contribution is 2.25. The van der Waals surface area contributed by atoms with E-state index in [9.17, 15) is 0 Å². The van der Waals surface area contributed by atoms with Crippen LogP contribution < -0.4 is 0 Å². The number of benzene rings is 1. The third kappa shape index (κ3) is 2.91. The number of hydrogen-bond acceptors (Lipinski definition) is 5. The Morgan fingerprint density at radius 3 is 2.79 bits per heavy atom.